The highest BCUT2D eigenvalue weighted by Gasteiger charge is 2.29. The van der Waals surface area contributed by atoms with Crippen LogP contribution in [0.4, 0.5) is 5.69 Å². The molecule has 108 valence electrons. The molecule has 1 N–H and O–H groups in total. The second-order valence-corrected chi connectivity index (χ2v) is 4.98. The lowest BCUT2D eigenvalue weighted by Gasteiger charge is -2.04. The van der Waals surface area contributed by atoms with E-state index in [4.69, 9.17) is 9.26 Å². The molecule has 1 aliphatic carbocycles. The van der Waals surface area contributed by atoms with Gasteiger partial charge in [0.25, 0.3) is 0 Å². The summed E-state index contributed by atoms with van der Waals surface area (Å²) in [6, 6.07) is 8.15. The summed E-state index contributed by atoms with van der Waals surface area (Å²) < 4.78 is 10.3. The van der Waals surface area contributed by atoms with Crippen molar-refractivity contribution in [3.05, 3.63) is 41.8 Å². The van der Waals surface area contributed by atoms with E-state index in [1.165, 1.54) is 6.92 Å². The first-order valence-electron chi connectivity index (χ1n) is 6.68. The summed E-state index contributed by atoms with van der Waals surface area (Å²) in [6.45, 7) is 1.43. The Balaban J connectivity index is 1.64. The Kier molecular flexibility index (Phi) is 3.43. The Labute approximate surface area is 121 Å². The number of aromatic nitrogens is 1. The van der Waals surface area contributed by atoms with Crippen molar-refractivity contribution in [3.8, 4) is 5.75 Å². The van der Waals surface area contributed by atoms with Crippen LogP contribution in [0.3, 0.4) is 0 Å². The van der Waals surface area contributed by atoms with Gasteiger partial charge in [0.2, 0.25) is 5.91 Å². The molecule has 0 atom stereocenters. The Morgan fingerprint density at radius 1 is 1.29 bits per heavy atom. The van der Waals surface area contributed by atoms with Gasteiger partial charge < -0.3 is 14.6 Å². The van der Waals surface area contributed by atoms with Crippen molar-refractivity contribution < 1.29 is 18.8 Å². The van der Waals surface area contributed by atoms with Crippen molar-refractivity contribution in [2.45, 2.75) is 25.7 Å². The molecule has 0 radical (unpaired) electrons. The molecule has 0 unspecified atom stereocenters. The van der Waals surface area contributed by atoms with Gasteiger partial charge in [0, 0.05) is 24.6 Å². The summed E-state index contributed by atoms with van der Waals surface area (Å²) in [5.41, 5.74) is 0.808. The van der Waals surface area contributed by atoms with Crippen LogP contribution in [0.5, 0.6) is 5.75 Å². The lowest BCUT2D eigenvalue weighted by atomic mass is 10.3. The van der Waals surface area contributed by atoms with Gasteiger partial charge >= 0.3 is 5.97 Å². The van der Waals surface area contributed by atoms with Gasteiger partial charge in [0.15, 0.2) is 5.69 Å². The third kappa shape index (κ3) is 3.28. The van der Waals surface area contributed by atoms with Crippen molar-refractivity contribution in [2.24, 2.45) is 0 Å². The average Bonchev–Trinajstić information content (AvgIpc) is 3.18. The Bertz CT molecular complexity index is 671. The Hall–Kier alpha value is -2.63. The summed E-state index contributed by atoms with van der Waals surface area (Å²) in [5, 5.41) is 6.36. The number of rotatable bonds is 4. The van der Waals surface area contributed by atoms with Crippen LogP contribution in [-0.4, -0.2) is 17.0 Å². The molecule has 21 heavy (non-hydrogen) atoms. The number of nitrogens with zero attached hydrogens (tertiary/aromatic N) is 1. The minimum atomic E-state index is -0.557. The zero-order chi connectivity index (χ0) is 14.8. The maximum atomic E-state index is 11.9. The summed E-state index contributed by atoms with van der Waals surface area (Å²) in [4.78, 5) is 22.8. The van der Waals surface area contributed by atoms with Gasteiger partial charge in [-0.15, -0.1) is 0 Å². The van der Waals surface area contributed by atoms with E-state index >= 15 is 0 Å². The smallest absolute Gasteiger partial charge is 0.365 e. The van der Waals surface area contributed by atoms with E-state index in [9.17, 15) is 9.59 Å². The first-order valence-corrected chi connectivity index (χ1v) is 6.68. The lowest BCUT2D eigenvalue weighted by molar-refractivity contribution is -0.114. The third-order valence-electron chi connectivity index (χ3n) is 3.10. The van der Waals surface area contributed by atoms with E-state index in [-0.39, 0.29) is 11.6 Å². The monoisotopic (exact) mass is 286 g/mol. The molecule has 1 amide bonds. The molecule has 1 fully saturated rings. The molecule has 0 bridgehead atoms. The topological polar surface area (TPSA) is 81.4 Å². The number of carbonyl (C=O) groups excluding carboxylic acids is 2. The predicted molar refractivity (Wildman–Crippen MR) is 74.2 cm³/mol. The molecule has 0 aliphatic heterocycles. The van der Waals surface area contributed by atoms with Gasteiger partial charge in [-0.05, 0) is 37.1 Å². The van der Waals surface area contributed by atoms with Crippen LogP contribution in [0.25, 0.3) is 0 Å². The highest BCUT2D eigenvalue weighted by Crippen LogP contribution is 2.40. The lowest BCUT2D eigenvalue weighted by Crippen LogP contribution is -2.09. The molecule has 0 spiro atoms. The van der Waals surface area contributed by atoms with Crippen molar-refractivity contribution >= 4 is 17.6 Å². The maximum Gasteiger partial charge on any atom is 0.365 e. The molecule has 1 aromatic heterocycles. The number of hydrogen-bond acceptors (Lipinski definition) is 5. The minimum Gasteiger partial charge on any atom is -0.422 e. The molecule has 3 rings (SSSR count). The Morgan fingerprint density at radius 2 is 2.00 bits per heavy atom. The zero-order valence-corrected chi connectivity index (χ0v) is 11.5. The number of anilines is 1. The second kappa shape index (κ2) is 5.40. The summed E-state index contributed by atoms with van der Waals surface area (Å²) in [6.07, 6.45) is 2.16. The zero-order valence-electron chi connectivity index (χ0n) is 11.5. The highest BCUT2D eigenvalue weighted by atomic mass is 16.5. The molecule has 1 saturated carbocycles. The first-order chi connectivity index (χ1) is 10.1. The van der Waals surface area contributed by atoms with Gasteiger partial charge in [0.05, 0.1) is 0 Å². The molecule has 1 heterocycles. The van der Waals surface area contributed by atoms with Crippen molar-refractivity contribution in [1.82, 2.24) is 5.16 Å². The Morgan fingerprint density at radius 3 is 2.62 bits per heavy atom. The van der Waals surface area contributed by atoms with E-state index in [2.05, 4.69) is 10.5 Å². The fourth-order valence-electron chi connectivity index (χ4n) is 1.91. The van der Waals surface area contributed by atoms with E-state index < -0.39 is 5.97 Å². The maximum absolute atomic E-state index is 11.9. The molecular formula is C15H14N2O4. The number of nitrogens with one attached hydrogen (secondary N) is 1. The van der Waals surface area contributed by atoms with Gasteiger partial charge in [-0.3, -0.25) is 4.79 Å². The van der Waals surface area contributed by atoms with Crippen molar-refractivity contribution in [1.29, 1.82) is 0 Å². The summed E-state index contributed by atoms with van der Waals surface area (Å²) in [5.74, 6) is 0.803. The quantitative estimate of drug-likeness (QED) is 0.690. The number of esters is 1. The number of benzene rings is 1. The normalized spacial score (nSPS) is 13.8. The van der Waals surface area contributed by atoms with E-state index in [1.54, 1.807) is 30.3 Å². The number of carbonyl (C=O) groups is 2. The predicted octanol–water partition coefficient (Wildman–Crippen LogP) is 2.73. The molecule has 6 nitrogen and oxygen atoms in total. The van der Waals surface area contributed by atoms with Gasteiger partial charge in [-0.25, -0.2) is 4.79 Å². The number of amides is 1. The fraction of sp³-hybridized carbons (Fsp3) is 0.267. The van der Waals surface area contributed by atoms with Crippen LogP contribution in [0.2, 0.25) is 0 Å². The summed E-state index contributed by atoms with van der Waals surface area (Å²) >= 11 is 0. The van der Waals surface area contributed by atoms with Crippen LogP contribution in [-0.2, 0) is 4.79 Å². The van der Waals surface area contributed by atoms with Gasteiger partial charge in [-0.2, -0.15) is 0 Å². The van der Waals surface area contributed by atoms with Crippen LogP contribution in [0.15, 0.2) is 34.9 Å². The molecular weight excluding hydrogens is 272 g/mol. The van der Waals surface area contributed by atoms with Crippen molar-refractivity contribution in [2.75, 3.05) is 5.32 Å². The van der Waals surface area contributed by atoms with Gasteiger partial charge in [-0.1, -0.05) is 5.16 Å². The SMILES string of the molecule is CC(=O)Nc1ccc(OC(=O)c2cc(C3CC3)on2)cc1. The average molecular weight is 286 g/mol. The molecule has 6 heteroatoms. The molecule has 2 aromatic rings. The van der Waals surface area contributed by atoms with E-state index in [1.807, 2.05) is 0 Å². The first kappa shape index (κ1) is 13.4. The van der Waals surface area contributed by atoms with Crippen molar-refractivity contribution in [3.63, 3.8) is 0 Å². The largest absolute Gasteiger partial charge is 0.422 e. The molecule has 1 aromatic carbocycles. The summed E-state index contributed by atoms with van der Waals surface area (Å²) in [7, 11) is 0. The van der Waals surface area contributed by atoms with Crippen LogP contribution in [0.1, 0.15) is 41.9 Å². The fourth-order valence-corrected chi connectivity index (χ4v) is 1.91. The van der Waals surface area contributed by atoms with E-state index in [0.717, 1.165) is 18.6 Å². The standard InChI is InChI=1S/C15H14N2O4/c1-9(18)16-11-4-6-12(7-5-11)20-15(19)13-8-14(21-17-13)10-2-3-10/h4-8,10H,2-3H2,1H3,(H,16,18). The van der Waals surface area contributed by atoms with Crippen LogP contribution < -0.4 is 10.1 Å². The number of ether oxygens (including phenoxy) is 1. The minimum absolute atomic E-state index is 0.157. The van der Waals surface area contributed by atoms with E-state index in [0.29, 0.717) is 17.4 Å². The molecule has 1 aliphatic rings. The third-order valence-corrected chi connectivity index (χ3v) is 3.10. The number of hydrogen-bond donors (Lipinski definition) is 1. The van der Waals surface area contributed by atoms with Gasteiger partial charge in [0.1, 0.15) is 11.5 Å². The van der Waals surface area contributed by atoms with Crippen LogP contribution in [0, 0.1) is 0 Å². The van der Waals surface area contributed by atoms with Crippen LogP contribution >= 0.6 is 0 Å². The highest BCUT2D eigenvalue weighted by molar-refractivity contribution is 5.90. The second-order valence-electron chi connectivity index (χ2n) is 4.98. The molecule has 0 saturated heterocycles.